The lowest BCUT2D eigenvalue weighted by atomic mass is 9.83. The van der Waals surface area contributed by atoms with Gasteiger partial charge in [-0.05, 0) is 31.2 Å². The summed E-state index contributed by atoms with van der Waals surface area (Å²) in [7, 11) is 0. The first-order chi connectivity index (χ1) is 8.81. The van der Waals surface area contributed by atoms with E-state index in [0.29, 0.717) is 12.0 Å². The van der Waals surface area contributed by atoms with Crippen molar-refractivity contribution in [1.29, 1.82) is 0 Å². The molecule has 2 heteroatoms. The van der Waals surface area contributed by atoms with Crippen molar-refractivity contribution < 1.29 is 0 Å². The van der Waals surface area contributed by atoms with Crippen LogP contribution in [-0.4, -0.2) is 0 Å². The van der Waals surface area contributed by atoms with E-state index in [1.165, 1.54) is 56.1 Å². The van der Waals surface area contributed by atoms with Gasteiger partial charge in [-0.15, -0.1) is 0 Å². The Bertz CT molecular complexity index is 337. The largest absolute Gasteiger partial charge is 0.271 e. The van der Waals surface area contributed by atoms with E-state index in [0.717, 1.165) is 0 Å². The minimum absolute atomic E-state index is 0.323. The Labute approximate surface area is 111 Å². The van der Waals surface area contributed by atoms with Crippen LogP contribution in [0.3, 0.4) is 0 Å². The van der Waals surface area contributed by atoms with Crippen molar-refractivity contribution in [1.82, 2.24) is 5.43 Å². The maximum Gasteiger partial charge on any atom is 0.0488 e. The van der Waals surface area contributed by atoms with Crippen LogP contribution in [0.4, 0.5) is 0 Å². The van der Waals surface area contributed by atoms with E-state index in [-0.39, 0.29) is 0 Å². The molecule has 3 N–H and O–H groups in total. The van der Waals surface area contributed by atoms with Gasteiger partial charge >= 0.3 is 0 Å². The zero-order valence-electron chi connectivity index (χ0n) is 11.5. The number of hydrogen-bond acceptors (Lipinski definition) is 2. The minimum atomic E-state index is 0.323. The maximum atomic E-state index is 5.81. The summed E-state index contributed by atoms with van der Waals surface area (Å²) in [6.45, 7) is 2.13. The molecule has 1 aliphatic rings. The summed E-state index contributed by atoms with van der Waals surface area (Å²) in [5, 5.41) is 0. The molecule has 1 aromatic carbocycles. The van der Waals surface area contributed by atoms with Crippen LogP contribution >= 0.6 is 0 Å². The Hall–Kier alpha value is -0.860. The second-order valence-corrected chi connectivity index (χ2v) is 5.66. The fourth-order valence-corrected chi connectivity index (χ4v) is 3.10. The number of nitrogens with two attached hydrogens (primary N) is 1. The number of rotatable bonds is 3. The quantitative estimate of drug-likeness (QED) is 0.628. The molecule has 0 spiro atoms. The van der Waals surface area contributed by atoms with Crippen LogP contribution in [0.1, 0.15) is 62.1 Å². The fourth-order valence-electron chi connectivity index (χ4n) is 3.10. The summed E-state index contributed by atoms with van der Waals surface area (Å²) in [5.41, 5.74) is 5.71. The normalized spacial score (nSPS) is 20.1. The summed E-state index contributed by atoms with van der Waals surface area (Å²) in [6.07, 6.45) is 9.52. The molecule has 1 saturated carbocycles. The van der Waals surface area contributed by atoms with Crippen LogP contribution < -0.4 is 11.3 Å². The molecule has 1 aromatic rings. The number of nitrogens with one attached hydrogen (secondary N) is 1. The third-order valence-corrected chi connectivity index (χ3v) is 4.24. The highest BCUT2D eigenvalue weighted by atomic mass is 15.2. The van der Waals surface area contributed by atoms with Gasteiger partial charge < -0.3 is 0 Å². The predicted octanol–water partition coefficient (Wildman–Crippen LogP) is 3.86. The molecule has 1 fully saturated rings. The van der Waals surface area contributed by atoms with E-state index >= 15 is 0 Å². The Morgan fingerprint density at radius 1 is 1.00 bits per heavy atom. The van der Waals surface area contributed by atoms with Crippen molar-refractivity contribution in [2.45, 2.75) is 57.9 Å². The van der Waals surface area contributed by atoms with Crippen LogP contribution in [-0.2, 0) is 0 Å². The van der Waals surface area contributed by atoms with Gasteiger partial charge in [-0.25, -0.2) is 0 Å². The van der Waals surface area contributed by atoms with Crippen molar-refractivity contribution in [2.75, 3.05) is 0 Å². The molecule has 0 heterocycles. The van der Waals surface area contributed by atoms with Gasteiger partial charge in [0, 0.05) is 6.04 Å². The monoisotopic (exact) mass is 246 g/mol. The standard InChI is InChI=1S/C16H26N2/c1-13-9-11-15(12-10-13)16(18-17)14-7-5-3-2-4-6-8-14/h9-12,14,16,18H,2-8,17H2,1H3. The molecule has 1 atom stereocenters. The van der Waals surface area contributed by atoms with E-state index < -0.39 is 0 Å². The van der Waals surface area contributed by atoms with E-state index in [2.05, 4.69) is 36.6 Å². The minimum Gasteiger partial charge on any atom is -0.271 e. The van der Waals surface area contributed by atoms with E-state index in [4.69, 9.17) is 5.84 Å². The number of aryl methyl sites for hydroxylation is 1. The number of hydrazine groups is 1. The summed E-state index contributed by atoms with van der Waals surface area (Å²) in [4.78, 5) is 0. The highest BCUT2D eigenvalue weighted by Gasteiger charge is 2.22. The highest BCUT2D eigenvalue weighted by Crippen LogP contribution is 2.32. The average Bonchev–Trinajstić information content (AvgIpc) is 2.34. The van der Waals surface area contributed by atoms with E-state index in [1.807, 2.05) is 0 Å². The topological polar surface area (TPSA) is 38.0 Å². The summed E-state index contributed by atoms with van der Waals surface area (Å²) < 4.78 is 0. The van der Waals surface area contributed by atoms with Crippen molar-refractivity contribution in [3.05, 3.63) is 35.4 Å². The van der Waals surface area contributed by atoms with Gasteiger partial charge in [-0.2, -0.15) is 0 Å². The Morgan fingerprint density at radius 3 is 2.11 bits per heavy atom. The molecule has 0 amide bonds. The van der Waals surface area contributed by atoms with Gasteiger partial charge in [0.1, 0.15) is 0 Å². The first kappa shape index (κ1) is 13.6. The van der Waals surface area contributed by atoms with Crippen LogP contribution in [0.15, 0.2) is 24.3 Å². The Kier molecular flexibility index (Phi) is 5.21. The molecule has 100 valence electrons. The SMILES string of the molecule is Cc1ccc(C(NN)C2CCCCCCC2)cc1. The molecule has 0 saturated heterocycles. The van der Waals surface area contributed by atoms with Crippen molar-refractivity contribution in [2.24, 2.45) is 11.8 Å². The molecule has 0 bridgehead atoms. The third-order valence-electron chi connectivity index (χ3n) is 4.24. The lowest BCUT2D eigenvalue weighted by Crippen LogP contribution is -2.34. The van der Waals surface area contributed by atoms with Gasteiger partial charge in [0.25, 0.3) is 0 Å². The average molecular weight is 246 g/mol. The van der Waals surface area contributed by atoms with Crippen molar-refractivity contribution in [3.8, 4) is 0 Å². The third kappa shape index (κ3) is 3.56. The summed E-state index contributed by atoms with van der Waals surface area (Å²) >= 11 is 0. The zero-order valence-corrected chi connectivity index (χ0v) is 11.5. The lowest BCUT2D eigenvalue weighted by molar-refractivity contribution is 0.290. The van der Waals surface area contributed by atoms with Crippen LogP contribution in [0.5, 0.6) is 0 Å². The number of hydrogen-bond donors (Lipinski definition) is 2. The highest BCUT2D eigenvalue weighted by molar-refractivity contribution is 5.24. The second kappa shape index (κ2) is 6.91. The Balaban J connectivity index is 2.08. The molecule has 1 unspecified atom stereocenters. The molecule has 2 rings (SSSR count). The predicted molar refractivity (Wildman–Crippen MR) is 77.1 cm³/mol. The first-order valence-corrected chi connectivity index (χ1v) is 7.34. The van der Waals surface area contributed by atoms with Gasteiger partial charge in [-0.3, -0.25) is 11.3 Å². The fraction of sp³-hybridized carbons (Fsp3) is 0.625. The molecule has 1 aliphatic carbocycles. The molecule has 0 aliphatic heterocycles. The number of benzene rings is 1. The molecular formula is C16H26N2. The second-order valence-electron chi connectivity index (χ2n) is 5.66. The lowest BCUT2D eigenvalue weighted by Gasteiger charge is -2.28. The van der Waals surface area contributed by atoms with E-state index in [1.54, 1.807) is 0 Å². The van der Waals surface area contributed by atoms with Gasteiger partial charge in [0.05, 0.1) is 0 Å². The Morgan fingerprint density at radius 2 is 1.56 bits per heavy atom. The van der Waals surface area contributed by atoms with Gasteiger partial charge in [0.2, 0.25) is 0 Å². The van der Waals surface area contributed by atoms with E-state index in [9.17, 15) is 0 Å². The summed E-state index contributed by atoms with van der Waals surface area (Å²) in [5.74, 6) is 6.51. The van der Waals surface area contributed by atoms with Gasteiger partial charge in [-0.1, -0.05) is 61.9 Å². The maximum absolute atomic E-state index is 5.81. The molecular weight excluding hydrogens is 220 g/mol. The van der Waals surface area contributed by atoms with Crippen molar-refractivity contribution in [3.63, 3.8) is 0 Å². The smallest absolute Gasteiger partial charge is 0.0488 e. The zero-order chi connectivity index (χ0) is 12.8. The van der Waals surface area contributed by atoms with Crippen LogP contribution in [0.2, 0.25) is 0 Å². The molecule has 18 heavy (non-hydrogen) atoms. The van der Waals surface area contributed by atoms with Crippen LogP contribution in [0.25, 0.3) is 0 Å². The van der Waals surface area contributed by atoms with Crippen LogP contribution in [0, 0.1) is 12.8 Å². The molecule has 2 nitrogen and oxygen atoms in total. The molecule has 0 radical (unpaired) electrons. The summed E-state index contributed by atoms with van der Waals surface area (Å²) in [6, 6.07) is 9.13. The first-order valence-electron chi connectivity index (χ1n) is 7.34. The van der Waals surface area contributed by atoms with Gasteiger partial charge in [0.15, 0.2) is 0 Å². The van der Waals surface area contributed by atoms with Crippen molar-refractivity contribution >= 4 is 0 Å². The molecule has 0 aromatic heterocycles.